The van der Waals surface area contributed by atoms with Crippen molar-refractivity contribution >= 4 is 22.5 Å². The van der Waals surface area contributed by atoms with Crippen molar-refractivity contribution in [1.82, 2.24) is 9.36 Å². The molecule has 0 radical (unpaired) electrons. The minimum absolute atomic E-state index is 0.255. The first-order chi connectivity index (χ1) is 7.31. The summed E-state index contributed by atoms with van der Waals surface area (Å²) in [4.78, 5) is 6.35. The van der Waals surface area contributed by atoms with E-state index in [2.05, 4.69) is 19.4 Å². The number of aromatic nitrogens is 2. The summed E-state index contributed by atoms with van der Waals surface area (Å²) in [7, 11) is 0. The summed E-state index contributed by atoms with van der Waals surface area (Å²) in [6.45, 7) is 0.732. The van der Waals surface area contributed by atoms with E-state index in [1.807, 2.05) is 0 Å². The molecule has 1 heterocycles. The standard InChI is InChI=1S/C8H13N5OS/c9-7(12-14)3-4-13(6-1-2-6)8-10-5-11-15-8/h5-6,14H,1-4H2,(H2,9,12). The van der Waals surface area contributed by atoms with E-state index in [0.29, 0.717) is 12.5 Å². The quantitative estimate of drug-likeness (QED) is 0.333. The van der Waals surface area contributed by atoms with E-state index in [4.69, 9.17) is 10.9 Å². The Morgan fingerprint density at radius 2 is 2.53 bits per heavy atom. The second kappa shape index (κ2) is 4.43. The number of amidine groups is 1. The molecule has 0 unspecified atom stereocenters. The van der Waals surface area contributed by atoms with Gasteiger partial charge in [-0.2, -0.15) is 4.37 Å². The average molecular weight is 227 g/mol. The zero-order valence-corrected chi connectivity index (χ0v) is 9.02. The molecule has 82 valence electrons. The van der Waals surface area contributed by atoms with Crippen molar-refractivity contribution in [2.75, 3.05) is 11.4 Å². The van der Waals surface area contributed by atoms with E-state index >= 15 is 0 Å². The zero-order valence-electron chi connectivity index (χ0n) is 8.20. The minimum atomic E-state index is 0.255. The highest BCUT2D eigenvalue weighted by molar-refractivity contribution is 7.09. The zero-order chi connectivity index (χ0) is 10.7. The molecule has 0 saturated heterocycles. The number of rotatable bonds is 5. The summed E-state index contributed by atoms with van der Waals surface area (Å²) in [5.74, 6) is 0.255. The van der Waals surface area contributed by atoms with Gasteiger partial charge in [0.15, 0.2) is 0 Å². The van der Waals surface area contributed by atoms with Crippen molar-refractivity contribution in [1.29, 1.82) is 0 Å². The second-order valence-electron chi connectivity index (χ2n) is 3.49. The van der Waals surface area contributed by atoms with Gasteiger partial charge in [0, 0.05) is 30.5 Å². The predicted octanol–water partition coefficient (Wildman–Crippen LogP) is 0.643. The summed E-state index contributed by atoms with van der Waals surface area (Å²) in [6, 6.07) is 0.560. The van der Waals surface area contributed by atoms with Crippen LogP contribution in [-0.2, 0) is 0 Å². The van der Waals surface area contributed by atoms with Gasteiger partial charge >= 0.3 is 0 Å². The molecule has 1 aromatic heterocycles. The summed E-state index contributed by atoms with van der Waals surface area (Å²) in [5.41, 5.74) is 5.44. The fourth-order valence-corrected chi connectivity index (χ4v) is 2.03. The van der Waals surface area contributed by atoms with Gasteiger partial charge in [0.05, 0.1) is 0 Å². The lowest BCUT2D eigenvalue weighted by molar-refractivity contribution is 0.317. The molecule has 15 heavy (non-hydrogen) atoms. The third kappa shape index (κ3) is 2.56. The highest BCUT2D eigenvalue weighted by Gasteiger charge is 2.30. The number of anilines is 1. The first-order valence-corrected chi connectivity index (χ1v) is 5.58. The van der Waals surface area contributed by atoms with Crippen molar-refractivity contribution in [3.8, 4) is 0 Å². The molecular formula is C8H13N5OS. The number of nitrogens with zero attached hydrogens (tertiary/aromatic N) is 4. The minimum Gasteiger partial charge on any atom is -0.409 e. The fraction of sp³-hybridized carbons (Fsp3) is 0.625. The summed E-state index contributed by atoms with van der Waals surface area (Å²) in [6.07, 6.45) is 4.48. The maximum atomic E-state index is 8.45. The van der Waals surface area contributed by atoms with Crippen LogP contribution >= 0.6 is 11.5 Å². The Morgan fingerprint density at radius 1 is 1.73 bits per heavy atom. The van der Waals surface area contributed by atoms with Crippen LogP contribution in [0.1, 0.15) is 19.3 Å². The van der Waals surface area contributed by atoms with Crippen molar-refractivity contribution < 1.29 is 5.21 Å². The number of hydrogen-bond donors (Lipinski definition) is 2. The molecule has 7 heteroatoms. The average Bonchev–Trinajstić information content (AvgIpc) is 2.94. The largest absolute Gasteiger partial charge is 0.409 e. The van der Waals surface area contributed by atoms with Crippen LogP contribution in [0.3, 0.4) is 0 Å². The van der Waals surface area contributed by atoms with Crippen LogP contribution in [0, 0.1) is 0 Å². The Labute approximate surface area is 91.6 Å². The van der Waals surface area contributed by atoms with Gasteiger partial charge in [-0.3, -0.25) is 0 Å². The third-order valence-corrected chi connectivity index (χ3v) is 3.02. The lowest BCUT2D eigenvalue weighted by atomic mass is 10.3. The molecule has 0 amide bonds. The first-order valence-electron chi connectivity index (χ1n) is 4.81. The lowest BCUT2D eigenvalue weighted by Crippen LogP contribution is -2.30. The normalized spacial score (nSPS) is 16.7. The van der Waals surface area contributed by atoms with Crippen LogP contribution in [0.4, 0.5) is 5.13 Å². The van der Waals surface area contributed by atoms with Gasteiger partial charge in [0.25, 0.3) is 0 Å². The Bertz CT molecular complexity index is 335. The highest BCUT2D eigenvalue weighted by atomic mass is 32.1. The van der Waals surface area contributed by atoms with Crippen molar-refractivity contribution in [2.45, 2.75) is 25.3 Å². The molecule has 6 nitrogen and oxygen atoms in total. The summed E-state index contributed by atoms with van der Waals surface area (Å²) < 4.78 is 3.98. The maximum Gasteiger partial charge on any atom is 0.205 e. The molecule has 0 aromatic carbocycles. The van der Waals surface area contributed by atoms with Crippen LogP contribution in [0.2, 0.25) is 0 Å². The van der Waals surface area contributed by atoms with Gasteiger partial charge in [0.2, 0.25) is 5.13 Å². The molecular weight excluding hydrogens is 214 g/mol. The monoisotopic (exact) mass is 227 g/mol. The highest BCUT2D eigenvalue weighted by Crippen LogP contribution is 2.31. The Balaban J connectivity index is 1.95. The predicted molar refractivity (Wildman–Crippen MR) is 58.3 cm³/mol. The molecule has 1 aromatic rings. The van der Waals surface area contributed by atoms with Gasteiger partial charge in [-0.05, 0) is 12.8 Å². The Hall–Kier alpha value is -1.37. The smallest absolute Gasteiger partial charge is 0.205 e. The van der Waals surface area contributed by atoms with Gasteiger partial charge in [-0.15, -0.1) is 0 Å². The van der Waals surface area contributed by atoms with Crippen molar-refractivity contribution in [3.63, 3.8) is 0 Å². The second-order valence-corrected chi connectivity index (χ2v) is 4.25. The van der Waals surface area contributed by atoms with Crippen LogP contribution in [0.5, 0.6) is 0 Å². The van der Waals surface area contributed by atoms with Crippen LogP contribution < -0.4 is 10.6 Å². The van der Waals surface area contributed by atoms with Crippen molar-refractivity contribution in [2.24, 2.45) is 10.9 Å². The molecule has 2 rings (SSSR count). The third-order valence-electron chi connectivity index (χ3n) is 2.32. The SMILES string of the molecule is NC(CCN(c1ncns1)C1CC1)=NO. The summed E-state index contributed by atoms with van der Waals surface area (Å²) >= 11 is 1.38. The number of hydrogen-bond acceptors (Lipinski definition) is 6. The van der Waals surface area contributed by atoms with E-state index in [9.17, 15) is 0 Å². The molecule has 0 atom stereocenters. The molecule has 1 saturated carbocycles. The number of nitrogens with two attached hydrogens (primary N) is 1. The van der Waals surface area contributed by atoms with Gasteiger partial charge in [0.1, 0.15) is 12.2 Å². The van der Waals surface area contributed by atoms with Gasteiger partial charge < -0.3 is 15.8 Å². The molecule has 0 spiro atoms. The van der Waals surface area contributed by atoms with Crippen LogP contribution in [-0.4, -0.2) is 33.0 Å². The van der Waals surface area contributed by atoms with Crippen LogP contribution in [0.15, 0.2) is 11.5 Å². The number of oxime groups is 1. The summed E-state index contributed by atoms with van der Waals surface area (Å²) in [5, 5.41) is 12.3. The molecule has 1 aliphatic rings. The van der Waals surface area contributed by atoms with E-state index in [0.717, 1.165) is 11.7 Å². The van der Waals surface area contributed by atoms with Crippen molar-refractivity contribution in [3.05, 3.63) is 6.33 Å². The molecule has 0 bridgehead atoms. The molecule has 0 aliphatic heterocycles. The molecule has 3 N–H and O–H groups in total. The van der Waals surface area contributed by atoms with E-state index in [1.54, 1.807) is 6.33 Å². The molecule has 1 aliphatic carbocycles. The van der Waals surface area contributed by atoms with Crippen LogP contribution in [0.25, 0.3) is 0 Å². The van der Waals surface area contributed by atoms with E-state index in [-0.39, 0.29) is 5.84 Å². The topological polar surface area (TPSA) is 87.6 Å². The maximum absolute atomic E-state index is 8.45. The van der Waals surface area contributed by atoms with E-state index in [1.165, 1.54) is 24.4 Å². The van der Waals surface area contributed by atoms with Gasteiger partial charge in [-0.25, -0.2) is 4.98 Å². The van der Waals surface area contributed by atoms with E-state index < -0.39 is 0 Å². The lowest BCUT2D eigenvalue weighted by Gasteiger charge is -2.20. The Morgan fingerprint density at radius 3 is 3.07 bits per heavy atom. The molecule has 1 fully saturated rings. The van der Waals surface area contributed by atoms with Gasteiger partial charge in [-0.1, -0.05) is 5.16 Å². The Kier molecular flexibility index (Phi) is 3.00. The fourth-order valence-electron chi connectivity index (χ4n) is 1.40. The first kappa shape index (κ1) is 10.2.